The van der Waals surface area contributed by atoms with Gasteiger partial charge in [0.25, 0.3) is 0 Å². The minimum absolute atomic E-state index is 0.0109. The molecule has 1 atom stereocenters. The lowest BCUT2D eigenvalue weighted by Crippen LogP contribution is -2.46. The number of nitrogens with one attached hydrogen (secondary N) is 1. The van der Waals surface area contributed by atoms with Gasteiger partial charge in [0.2, 0.25) is 27.7 Å². The number of rotatable bonds is 7. The number of carbonyl (C=O) groups is 3. The average Bonchev–Trinajstić information content (AvgIpc) is 3.31. The minimum Gasteiger partial charge on any atom is -0.342 e. The molecule has 2 aromatic carbocycles. The molecule has 2 aromatic rings. The van der Waals surface area contributed by atoms with E-state index in [0.717, 1.165) is 5.56 Å². The number of benzene rings is 2. The van der Waals surface area contributed by atoms with Gasteiger partial charge in [-0.2, -0.15) is 4.31 Å². The van der Waals surface area contributed by atoms with Gasteiger partial charge < -0.3 is 15.1 Å². The van der Waals surface area contributed by atoms with Crippen LogP contribution in [0.15, 0.2) is 59.5 Å². The quantitative estimate of drug-likeness (QED) is 0.565. The maximum Gasteiger partial charge on any atom is 0.243 e. The zero-order valence-electron chi connectivity index (χ0n) is 23.1. The molecule has 2 saturated heterocycles. The largest absolute Gasteiger partial charge is 0.342 e. The van der Waals surface area contributed by atoms with Crippen LogP contribution < -0.4 is 5.32 Å². The zero-order valence-corrected chi connectivity index (χ0v) is 23.9. The van der Waals surface area contributed by atoms with Crippen molar-refractivity contribution in [2.45, 2.75) is 57.0 Å². The van der Waals surface area contributed by atoms with Crippen molar-refractivity contribution in [3.8, 4) is 0 Å². The molecule has 9 nitrogen and oxygen atoms in total. The number of amides is 3. The fourth-order valence-electron chi connectivity index (χ4n) is 5.20. The van der Waals surface area contributed by atoms with Crippen molar-refractivity contribution in [1.82, 2.24) is 14.1 Å². The Hall–Kier alpha value is -3.24. The first-order valence-corrected chi connectivity index (χ1v) is 14.8. The Morgan fingerprint density at radius 3 is 2.15 bits per heavy atom. The van der Waals surface area contributed by atoms with Crippen LogP contribution in [0.3, 0.4) is 0 Å². The Morgan fingerprint density at radius 2 is 1.59 bits per heavy atom. The molecular formula is C29H38N4O5S. The maximum atomic E-state index is 13.0. The zero-order chi connectivity index (χ0) is 28.4. The van der Waals surface area contributed by atoms with Crippen molar-refractivity contribution in [3.05, 3.63) is 60.2 Å². The molecule has 0 saturated carbocycles. The Labute approximate surface area is 231 Å². The highest BCUT2D eigenvalue weighted by Gasteiger charge is 2.41. The molecule has 0 aliphatic carbocycles. The molecule has 4 rings (SSSR count). The van der Waals surface area contributed by atoms with Crippen molar-refractivity contribution in [3.63, 3.8) is 0 Å². The summed E-state index contributed by atoms with van der Waals surface area (Å²) in [5.41, 5.74) is 1.11. The number of hydrogen-bond donors (Lipinski definition) is 1. The third-order valence-corrected chi connectivity index (χ3v) is 9.36. The monoisotopic (exact) mass is 554 g/mol. The normalized spacial score (nSPS) is 19.0. The molecule has 2 fully saturated rings. The molecule has 1 unspecified atom stereocenters. The third kappa shape index (κ3) is 6.67. The molecular weight excluding hydrogens is 516 g/mol. The predicted octanol–water partition coefficient (Wildman–Crippen LogP) is 3.33. The van der Waals surface area contributed by atoms with Crippen molar-refractivity contribution < 1.29 is 22.8 Å². The first kappa shape index (κ1) is 28.8. The van der Waals surface area contributed by atoms with E-state index in [0.29, 0.717) is 38.2 Å². The van der Waals surface area contributed by atoms with E-state index in [-0.39, 0.29) is 53.0 Å². The van der Waals surface area contributed by atoms with Gasteiger partial charge in [-0.1, -0.05) is 30.3 Å². The van der Waals surface area contributed by atoms with Crippen LogP contribution in [-0.2, 0) is 31.0 Å². The highest BCUT2D eigenvalue weighted by molar-refractivity contribution is 7.89. The van der Waals surface area contributed by atoms with E-state index in [9.17, 15) is 22.8 Å². The van der Waals surface area contributed by atoms with Crippen molar-refractivity contribution in [2.24, 2.45) is 11.8 Å². The fraction of sp³-hybridized carbons (Fsp3) is 0.483. The van der Waals surface area contributed by atoms with Crippen LogP contribution in [0.2, 0.25) is 0 Å². The van der Waals surface area contributed by atoms with Gasteiger partial charge in [-0.15, -0.1) is 0 Å². The fourth-order valence-corrected chi connectivity index (χ4v) is 6.36. The summed E-state index contributed by atoms with van der Waals surface area (Å²) in [5, 5.41) is 2.88. The summed E-state index contributed by atoms with van der Waals surface area (Å²) in [6, 6.07) is 15.6. The lowest BCUT2D eigenvalue weighted by Gasteiger charge is -2.34. The van der Waals surface area contributed by atoms with Gasteiger partial charge in [0.15, 0.2) is 0 Å². The second kappa shape index (κ2) is 11.5. The van der Waals surface area contributed by atoms with Crippen LogP contribution in [0, 0.1) is 11.8 Å². The summed E-state index contributed by atoms with van der Waals surface area (Å²) < 4.78 is 27.2. The highest BCUT2D eigenvalue weighted by Crippen LogP contribution is 2.29. The van der Waals surface area contributed by atoms with Crippen molar-refractivity contribution in [2.75, 3.05) is 32.0 Å². The topological polar surface area (TPSA) is 107 Å². The molecule has 0 bridgehead atoms. The molecule has 0 aromatic heterocycles. The predicted molar refractivity (Wildman–Crippen MR) is 149 cm³/mol. The number of likely N-dealkylation sites (tertiary alicyclic amines) is 2. The smallest absolute Gasteiger partial charge is 0.243 e. The van der Waals surface area contributed by atoms with E-state index in [1.807, 2.05) is 51.1 Å². The summed E-state index contributed by atoms with van der Waals surface area (Å²) in [4.78, 5) is 42.0. The standard InChI is InChI=1S/C29H38N4O5S/c1-29(2,3)33-20-23(18-26(33)34)28(36)32-16-14-22(15-17-32)27(35)30-24-10-12-25(13-11-24)39(37,38)31(4)19-21-8-6-5-7-9-21/h5-13,22-23H,14-20H2,1-4H3,(H,30,35). The van der Waals surface area contributed by atoms with Gasteiger partial charge in [-0.25, -0.2) is 8.42 Å². The summed E-state index contributed by atoms with van der Waals surface area (Å²) in [6.07, 6.45) is 1.32. The van der Waals surface area contributed by atoms with Crippen LogP contribution in [0.4, 0.5) is 5.69 Å². The van der Waals surface area contributed by atoms with Gasteiger partial charge in [0.1, 0.15) is 0 Å². The molecule has 0 spiro atoms. The SMILES string of the molecule is CN(Cc1ccccc1)S(=O)(=O)c1ccc(NC(=O)C2CCN(C(=O)C3CC(=O)N(C(C)(C)C)C3)CC2)cc1. The molecule has 2 heterocycles. The van der Waals surface area contributed by atoms with E-state index in [4.69, 9.17) is 0 Å². The summed E-state index contributed by atoms with van der Waals surface area (Å²) in [5.74, 6) is -0.719. The van der Waals surface area contributed by atoms with E-state index in [2.05, 4.69) is 5.32 Å². The molecule has 1 N–H and O–H groups in total. The average molecular weight is 555 g/mol. The second-order valence-corrected chi connectivity index (χ2v) is 13.5. The molecule has 0 radical (unpaired) electrons. The van der Waals surface area contributed by atoms with Crippen LogP contribution in [-0.4, -0.2) is 72.5 Å². The van der Waals surface area contributed by atoms with Crippen LogP contribution in [0.5, 0.6) is 0 Å². The van der Waals surface area contributed by atoms with Crippen molar-refractivity contribution in [1.29, 1.82) is 0 Å². The van der Waals surface area contributed by atoms with Crippen LogP contribution in [0.25, 0.3) is 0 Å². The Kier molecular flexibility index (Phi) is 8.46. The summed E-state index contributed by atoms with van der Waals surface area (Å²) in [6.45, 7) is 7.56. The highest BCUT2D eigenvalue weighted by atomic mass is 32.2. The van der Waals surface area contributed by atoms with Gasteiger partial charge in [-0.05, 0) is 63.4 Å². The lowest BCUT2D eigenvalue weighted by atomic mass is 9.94. The summed E-state index contributed by atoms with van der Waals surface area (Å²) >= 11 is 0. The Balaban J connectivity index is 1.28. The second-order valence-electron chi connectivity index (χ2n) is 11.4. The Bertz CT molecular complexity index is 1300. The molecule has 39 heavy (non-hydrogen) atoms. The lowest BCUT2D eigenvalue weighted by molar-refractivity contribution is -0.138. The number of nitrogens with zero attached hydrogens (tertiary/aromatic N) is 3. The van der Waals surface area contributed by atoms with E-state index in [1.165, 1.54) is 16.4 Å². The number of anilines is 1. The van der Waals surface area contributed by atoms with Gasteiger partial charge >= 0.3 is 0 Å². The Morgan fingerprint density at radius 1 is 0.974 bits per heavy atom. The van der Waals surface area contributed by atoms with Gasteiger partial charge in [0, 0.05) is 56.8 Å². The van der Waals surface area contributed by atoms with Crippen LogP contribution in [0.1, 0.15) is 45.6 Å². The van der Waals surface area contributed by atoms with Crippen molar-refractivity contribution >= 4 is 33.4 Å². The van der Waals surface area contributed by atoms with E-state index < -0.39 is 10.0 Å². The number of sulfonamides is 1. The number of piperidine rings is 1. The number of hydrogen-bond acceptors (Lipinski definition) is 5. The summed E-state index contributed by atoms with van der Waals surface area (Å²) in [7, 11) is -2.14. The molecule has 2 aliphatic rings. The molecule has 210 valence electrons. The van der Waals surface area contributed by atoms with Crippen LogP contribution >= 0.6 is 0 Å². The van der Waals surface area contributed by atoms with Gasteiger partial charge in [0.05, 0.1) is 10.8 Å². The van der Waals surface area contributed by atoms with E-state index >= 15 is 0 Å². The number of carbonyl (C=O) groups excluding carboxylic acids is 3. The minimum atomic E-state index is -3.68. The molecule has 2 aliphatic heterocycles. The van der Waals surface area contributed by atoms with E-state index in [1.54, 1.807) is 29.0 Å². The molecule has 10 heteroatoms. The van der Waals surface area contributed by atoms with Gasteiger partial charge in [-0.3, -0.25) is 14.4 Å². The first-order valence-electron chi connectivity index (χ1n) is 13.4. The third-order valence-electron chi connectivity index (χ3n) is 7.54. The maximum absolute atomic E-state index is 13.0. The molecule has 3 amide bonds. The first-order chi connectivity index (χ1) is 18.4.